The van der Waals surface area contributed by atoms with Gasteiger partial charge in [-0.2, -0.15) is 0 Å². The molecule has 0 fully saturated rings. The van der Waals surface area contributed by atoms with Crippen LogP contribution in [-0.4, -0.2) is 62.7 Å². The number of para-hydroxylation sites is 1. The molecule has 0 amide bonds. The Morgan fingerprint density at radius 2 is 1.03 bits per heavy atom. The van der Waals surface area contributed by atoms with Crippen molar-refractivity contribution in [1.82, 2.24) is 0 Å². The minimum Gasteiger partial charge on any atom is -0.490 e. The molecule has 398 valence electrons. The molecule has 4 unspecified atom stereocenters. The van der Waals surface area contributed by atoms with Crippen molar-refractivity contribution >= 4 is 29.7 Å². The van der Waals surface area contributed by atoms with Crippen molar-refractivity contribution in [3.63, 3.8) is 0 Å². The number of carbonyl (C=O) groups excluding carboxylic acids is 5. The minimum atomic E-state index is -1.06. The predicted octanol–water partition coefficient (Wildman–Crippen LogP) is 14.9. The lowest BCUT2D eigenvalue weighted by Gasteiger charge is -2.56. The number of benzene rings is 1. The van der Waals surface area contributed by atoms with Crippen LogP contribution >= 0.6 is 0 Å². The van der Waals surface area contributed by atoms with E-state index in [1.807, 2.05) is 37.3 Å². The SMILES string of the molecule is CCCCCCCCCCCCOC(=O)C(CC(C)(C)CC)C(C)(C)C(C)(C)CC(C(=O)OCCOc1ccccc1)C(C)(C)CC(C)(CC)C(C)(C(=O)OCCOC(=O)CC(C)=O)C(C)(C)CC. The molecule has 69 heavy (non-hydrogen) atoms. The Labute approximate surface area is 421 Å². The van der Waals surface area contributed by atoms with Crippen LogP contribution in [0.4, 0.5) is 0 Å². The Hall–Kier alpha value is -3.43. The molecule has 0 radical (unpaired) electrons. The number of hydrogen-bond donors (Lipinski definition) is 0. The highest BCUT2D eigenvalue weighted by molar-refractivity contribution is 5.94. The number of rotatable bonds is 37. The van der Waals surface area contributed by atoms with Gasteiger partial charge in [-0.1, -0.05) is 186 Å². The fourth-order valence-electron chi connectivity index (χ4n) is 10.2. The van der Waals surface area contributed by atoms with Gasteiger partial charge in [-0.3, -0.25) is 24.0 Å². The van der Waals surface area contributed by atoms with Crippen molar-refractivity contribution in [2.24, 2.45) is 49.7 Å². The number of Topliss-reactive ketones (excluding diaryl/α,β-unsaturated/α-hetero) is 1. The zero-order valence-corrected chi connectivity index (χ0v) is 47.2. The van der Waals surface area contributed by atoms with Crippen LogP contribution in [0.3, 0.4) is 0 Å². The molecule has 0 aliphatic heterocycles. The third-order valence-corrected chi connectivity index (χ3v) is 17.1. The summed E-state index contributed by atoms with van der Waals surface area (Å²) in [7, 11) is 0. The van der Waals surface area contributed by atoms with Gasteiger partial charge >= 0.3 is 23.9 Å². The molecule has 10 nitrogen and oxygen atoms in total. The van der Waals surface area contributed by atoms with Gasteiger partial charge in [0.1, 0.15) is 44.4 Å². The van der Waals surface area contributed by atoms with Crippen LogP contribution in [0.25, 0.3) is 0 Å². The van der Waals surface area contributed by atoms with E-state index in [0.29, 0.717) is 44.5 Å². The highest BCUT2D eigenvalue weighted by Gasteiger charge is 2.61. The van der Waals surface area contributed by atoms with Gasteiger partial charge in [-0.05, 0) is 97.0 Å². The fraction of sp³-hybridized carbons (Fsp3) is 0.814. The fourth-order valence-corrected chi connectivity index (χ4v) is 10.2. The summed E-state index contributed by atoms with van der Waals surface area (Å²) >= 11 is 0. The second kappa shape index (κ2) is 29.2. The van der Waals surface area contributed by atoms with E-state index in [1.165, 1.54) is 51.9 Å². The quantitative estimate of drug-likeness (QED) is 0.0275. The molecule has 1 aromatic carbocycles. The Morgan fingerprint density at radius 3 is 1.55 bits per heavy atom. The van der Waals surface area contributed by atoms with Gasteiger partial charge in [0.05, 0.1) is 23.9 Å². The van der Waals surface area contributed by atoms with Crippen LogP contribution in [0.5, 0.6) is 5.75 Å². The number of carbonyl (C=O) groups is 5. The molecule has 0 aliphatic carbocycles. The van der Waals surface area contributed by atoms with Crippen molar-refractivity contribution in [3.05, 3.63) is 30.3 Å². The highest BCUT2D eigenvalue weighted by Crippen LogP contribution is 2.62. The lowest BCUT2D eigenvalue weighted by molar-refractivity contribution is -0.185. The maximum absolute atomic E-state index is 14.9. The summed E-state index contributed by atoms with van der Waals surface area (Å²) in [5.74, 6) is -2.29. The van der Waals surface area contributed by atoms with Crippen molar-refractivity contribution in [2.45, 2.75) is 227 Å². The number of ketones is 1. The van der Waals surface area contributed by atoms with E-state index in [9.17, 15) is 24.0 Å². The van der Waals surface area contributed by atoms with Crippen LogP contribution in [-0.2, 0) is 42.9 Å². The molecule has 0 aliphatic rings. The van der Waals surface area contributed by atoms with Crippen LogP contribution in [0, 0.1) is 49.7 Å². The predicted molar refractivity (Wildman–Crippen MR) is 280 cm³/mol. The van der Waals surface area contributed by atoms with Crippen molar-refractivity contribution in [2.75, 3.05) is 33.0 Å². The summed E-state index contributed by atoms with van der Waals surface area (Å²) in [6.45, 7) is 35.8. The molecule has 4 atom stereocenters. The summed E-state index contributed by atoms with van der Waals surface area (Å²) in [6.07, 6.45) is 15.4. The van der Waals surface area contributed by atoms with Gasteiger partial charge < -0.3 is 23.7 Å². The number of ether oxygens (including phenoxy) is 5. The van der Waals surface area contributed by atoms with Gasteiger partial charge in [0.25, 0.3) is 0 Å². The van der Waals surface area contributed by atoms with E-state index >= 15 is 0 Å². The molecule has 1 rings (SSSR count). The molecule has 1 aromatic rings. The second-order valence-electron chi connectivity index (χ2n) is 24.0. The monoisotopic (exact) mass is 971 g/mol. The van der Waals surface area contributed by atoms with E-state index in [2.05, 4.69) is 104 Å². The maximum atomic E-state index is 14.9. The average Bonchev–Trinajstić information content (AvgIpc) is 3.28. The van der Waals surface area contributed by atoms with Gasteiger partial charge in [0.2, 0.25) is 0 Å². The number of unbranched alkanes of at least 4 members (excludes halogenated alkanes) is 9. The Kier molecular flexibility index (Phi) is 26.9. The van der Waals surface area contributed by atoms with Crippen LogP contribution in [0.15, 0.2) is 30.3 Å². The molecular formula is C59H102O10. The molecule has 0 aromatic heterocycles. The molecule has 0 saturated heterocycles. The molecular weight excluding hydrogens is 869 g/mol. The summed E-state index contributed by atoms with van der Waals surface area (Å²) in [5, 5.41) is 0. The molecule has 0 bridgehead atoms. The van der Waals surface area contributed by atoms with Crippen molar-refractivity contribution in [1.29, 1.82) is 0 Å². The van der Waals surface area contributed by atoms with Gasteiger partial charge in [-0.15, -0.1) is 0 Å². The third-order valence-electron chi connectivity index (χ3n) is 17.1. The molecule has 0 heterocycles. The van der Waals surface area contributed by atoms with Crippen molar-refractivity contribution < 1.29 is 47.7 Å². The smallest absolute Gasteiger partial charge is 0.313 e. The molecule has 0 N–H and O–H groups in total. The van der Waals surface area contributed by atoms with Gasteiger partial charge in [-0.25, -0.2) is 0 Å². The topological polar surface area (TPSA) is 132 Å². The van der Waals surface area contributed by atoms with E-state index < -0.39 is 56.3 Å². The summed E-state index contributed by atoms with van der Waals surface area (Å²) in [4.78, 5) is 67.6. The van der Waals surface area contributed by atoms with E-state index in [0.717, 1.165) is 25.7 Å². The first-order valence-electron chi connectivity index (χ1n) is 26.9. The lowest BCUT2D eigenvalue weighted by Crippen LogP contribution is -2.56. The van der Waals surface area contributed by atoms with Crippen LogP contribution in [0.1, 0.15) is 227 Å². The first-order valence-corrected chi connectivity index (χ1v) is 26.9. The third kappa shape index (κ3) is 19.6. The van der Waals surface area contributed by atoms with Gasteiger partial charge in [0, 0.05) is 0 Å². The molecule has 0 saturated carbocycles. The molecule has 10 heteroatoms. The summed E-state index contributed by atoms with van der Waals surface area (Å²) < 4.78 is 29.5. The Morgan fingerprint density at radius 1 is 0.522 bits per heavy atom. The number of hydrogen-bond acceptors (Lipinski definition) is 10. The molecule has 0 spiro atoms. The zero-order valence-electron chi connectivity index (χ0n) is 47.2. The Bertz CT molecular complexity index is 1690. The maximum Gasteiger partial charge on any atom is 0.313 e. The summed E-state index contributed by atoms with van der Waals surface area (Å²) in [6, 6.07) is 9.44. The zero-order chi connectivity index (χ0) is 52.7. The van der Waals surface area contributed by atoms with E-state index in [1.54, 1.807) is 0 Å². The van der Waals surface area contributed by atoms with Crippen LogP contribution < -0.4 is 4.74 Å². The highest BCUT2D eigenvalue weighted by atomic mass is 16.6. The van der Waals surface area contributed by atoms with Crippen molar-refractivity contribution in [3.8, 4) is 5.75 Å². The number of esters is 4. The standard InChI is InChI=1S/C59H102O10/c1-18-22-23-24-25-26-27-28-29-33-36-67-51(63)48(42-53(6,7)19-2)57(14,15)56(12,13)43-47(50(62)68-39-37-65-46-34-31-30-32-35-46)54(8,9)44-58(16,21-4)59(17,55(10,11)20-3)52(64)69-40-38-66-49(61)41-45(5)60/h30-32,34-35,47-48H,18-29,33,36-44H2,1-17H3. The first-order chi connectivity index (χ1) is 32.0. The van der Waals surface area contributed by atoms with Crippen LogP contribution in [0.2, 0.25) is 0 Å². The van der Waals surface area contributed by atoms with Gasteiger partial charge in [0.15, 0.2) is 0 Å². The van der Waals surface area contributed by atoms with E-state index in [-0.39, 0.29) is 56.0 Å². The average molecular weight is 971 g/mol. The normalized spacial score (nSPS) is 15.3. The van der Waals surface area contributed by atoms with E-state index in [4.69, 9.17) is 23.7 Å². The summed E-state index contributed by atoms with van der Waals surface area (Å²) in [5.41, 5.74) is -4.41. The minimum absolute atomic E-state index is 0.0532. The Balaban J connectivity index is 3.64. The lowest BCUT2D eigenvalue weighted by atomic mass is 9.47. The first kappa shape index (κ1) is 63.6. The second-order valence-corrected chi connectivity index (χ2v) is 24.0. The largest absolute Gasteiger partial charge is 0.490 e.